The molecule has 3 aromatic rings. The van der Waals surface area contributed by atoms with Gasteiger partial charge in [0.2, 0.25) is 5.91 Å². The predicted octanol–water partition coefficient (Wildman–Crippen LogP) is 4.28. The lowest BCUT2D eigenvalue weighted by Crippen LogP contribution is -2.53. The summed E-state index contributed by atoms with van der Waals surface area (Å²) in [5, 5.41) is 3.57. The number of aromatic nitrogens is 2. The molecule has 5 rings (SSSR count). The number of hydrogen-bond acceptors (Lipinski definition) is 4. The number of H-pyrrole nitrogens is 1. The number of anilines is 1. The first-order chi connectivity index (χ1) is 16.3. The summed E-state index contributed by atoms with van der Waals surface area (Å²) >= 11 is 12.4. The maximum absolute atomic E-state index is 13.8. The third-order valence-electron chi connectivity index (χ3n) is 6.41. The first kappa shape index (κ1) is 22.7. The van der Waals surface area contributed by atoms with Crippen LogP contribution in [-0.4, -0.2) is 52.5 Å². The maximum Gasteiger partial charge on any atom is 0.266 e. The monoisotopic (exact) mass is 501 g/mol. The fraction of sp³-hybridized carbons (Fsp3) is 0.292. The molecule has 2 aromatic carbocycles. The molecule has 176 valence electrons. The molecule has 1 N–H and O–H groups in total. The highest BCUT2D eigenvalue weighted by Crippen LogP contribution is 2.38. The summed E-state index contributed by atoms with van der Waals surface area (Å²) in [4.78, 5) is 34.4. The molecule has 0 radical (unpaired) electrons. The van der Waals surface area contributed by atoms with Crippen LogP contribution in [0.2, 0.25) is 10.0 Å². The van der Waals surface area contributed by atoms with Crippen molar-refractivity contribution in [3.05, 3.63) is 80.3 Å². The number of fused-ring (bicyclic) bond motifs is 1. The van der Waals surface area contributed by atoms with Gasteiger partial charge in [0.1, 0.15) is 11.7 Å². The number of aliphatic imine (C=N–C) groups is 1. The summed E-state index contributed by atoms with van der Waals surface area (Å²) in [7, 11) is 0. The number of nitrogens with zero attached hydrogens (tertiary/aromatic N) is 4. The molecule has 2 aliphatic rings. The Morgan fingerprint density at radius 1 is 1.03 bits per heavy atom. The van der Waals surface area contributed by atoms with Crippen molar-refractivity contribution in [2.45, 2.75) is 13.0 Å². The second-order valence-electron chi connectivity index (χ2n) is 8.49. The van der Waals surface area contributed by atoms with Crippen LogP contribution in [0.15, 0.2) is 58.3 Å². The van der Waals surface area contributed by atoms with E-state index in [1.165, 1.54) is 18.2 Å². The zero-order valence-electron chi connectivity index (χ0n) is 18.3. The Morgan fingerprint density at radius 2 is 1.74 bits per heavy atom. The first-order valence-electron chi connectivity index (χ1n) is 10.9. The zero-order valence-corrected chi connectivity index (χ0v) is 19.9. The molecule has 10 heteroatoms. The topological polar surface area (TPSA) is 73.7 Å². The van der Waals surface area contributed by atoms with Gasteiger partial charge in [-0.15, -0.1) is 0 Å². The van der Waals surface area contributed by atoms with Gasteiger partial charge in [-0.25, -0.2) is 9.38 Å². The normalized spacial score (nSPS) is 20.2. The number of carbonyl (C=O) groups excluding carboxylic acids is 1. The minimum absolute atomic E-state index is 0.0729. The number of nitrogens with one attached hydrogen (secondary N) is 1. The highest BCUT2D eigenvalue weighted by Gasteiger charge is 2.41. The van der Waals surface area contributed by atoms with Gasteiger partial charge in [0.15, 0.2) is 5.82 Å². The maximum atomic E-state index is 13.8. The predicted molar refractivity (Wildman–Crippen MR) is 131 cm³/mol. The Bertz CT molecular complexity index is 1330. The van der Waals surface area contributed by atoms with Crippen LogP contribution in [0.5, 0.6) is 0 Å². The van der Waals surface area contributed by atoms with Crippen molar-refractivity contribution in [2.75, 3.05) is 31.1 Å². The molecule has 1 aromatic heterocycles. The first-order valence-corrected chi connectivity index (χ1v) is 11.7. The third-order valence-corrected chi connectivity index (χ3v) is 7.15. The van der Waals surface area contributed by atoms with Crippen LogP contribution in [-0.2, 0) is 4.79 Å². The molecular formula is C24H22Cl2FN5O2. The van der Waals surface area contributed by atoms with Crippen LogP contribution in [0.4, 0.5) is 15.9 Å². The minimum atomic E-state index is -0.620. The Morgan fingerprint density at radius 3 is 2.41 bits per heavy atom. The quantitative estimate of drug-likeness (QED) is 0.581. The summed E-state index contributed by atoms with van der Waals surface area (Å²) in [6.45, 7) is 4.10. The van der Waals surface area contributed by atoms with Gasteiger partial charge in [-0.3, -0.25) is 19.4 Å². The van der Waals surface area contributed by atoms with E-state index in [1.807, 2.05) is 17.9 Å². The molecule has 1 fully saturated rings. The van der Waals surface area contributed by atoms with Crippen LogP contribution < -0.4 is 10.5 Å². The average Bonchev–Trinajstić information content (AvgIpc) is 3.19. The highest BCUT2D eigenvalue weighted by molar-refractivity contribution is 6.42. The van der Waals surface area contributed by atoms with Gasteiger partial charge in [0.05, 0.1) is 16.1 Å². The number of aromatic amines is 1. The Balaban J connectivity index is 1.43. The van der Waals surface area contributed by atoms with Gasteiger partial charge in [-0.1, -0.05) is 29.3 Å². The van der Waals surface area contributed by atoms with E-state index in [-0.39, 0.29) is 17.3 Å². The number of amides is 1. The van der Waals surface area contributed by atoms with Gasteiger partial charge in [-0.2, -0.15) is 0 Å². The SMILES string of the molecule is CC1=Nc2cc(=O)[nH]n2C(c2ccc(Cl)c(Cl)c2)C1C(=O)N1CCN(c2ccc(F)cc2)CC1. The van der Waals surface area contributed by atoms with Crippen LogP contribution in [0, 0.1) is 11.7 Å². The molecule has 1 amide bonds. The van der Waals surface area contributed by atoms with E-state index in [9.17, 15) is 14.0 Å². The Hall–Kier alpha value is -3.10. The molecule has 3 heterocycles. The van der Waals surface area contributed by atoms with Gasteiger partial charge >= 0.3 is 0 Å². The second-order valence-corrected chi connectivity index (χ2v) is 9.30. The van der Waals surface area contributed by atoms with Crippen molar-refractivity contribution < 1.29 is 9.18 Å². The minimum Gasteiger partial charge on any atom is -0.368 e. The average molecular weight is 502 g/mol. The summed E-state index contributed by atoms with van der Waals surface area (Å²) in [5.41, 5.74) is 2.01. The van der Waals surface area contributed by atoms with Crippen molar-refractivity contribution in [1.29, 1.82) is 0 Å². The molecule has 34 heavy (non-hydrogen) atoms. The molecular weight excluding hydrogens is 480 g/mol. The largest absolute Gasteiger partial charge is 0.368 e. The standard InChI is InChI=1S/C24H22Cl2FN5O2/c1-14-22(24(34)31-10-8-30(9-11-31)17-5-3-16(27)4-6-17)23(15-2-7-18(25)19(26)12-15)32-20(28-14)13-21(33)29-32/h2-7,12-13,22-23H,8-11H2,1H3,(H,29,33). The van der Waals surface area contributed by atoms with Crippen LogP contribution >= 0.6 is 23.2 Å². The number of benzene rings is 2. The number of hydrogen-bond donors (Lipinski definition) is 1. The summed E-state index contributed by atoms with van der Waals surface area (Å²) in [6, 6.07) is 12.5. The summed E-state index contributed by atoms with van der Waals surface area (Å²) < 4.78 is 14.9. The second kappa shape index (κ2) is 8.92. The molecule has 2 atom stereocenters. The van der Waals surface area contributed by atoms with Gasteiger partial charge in [0, 0.05) is 43.6 Å². The molecule has 0 bridgehead atoms. The van der Waals surface area contributed by atoms with E-state index in [2.05, 4.69) is 15.0 Å². The van der Waals surface area contributed by atoms with Gasteiger partial charge < -0.3 is 9.80 Å². The lowest BCUT2D eigenvalue weighted by molar-refractivity contribution is -0.134. The smallest absolute Gasteiger partial charge is 0.266 e. The molecule has 0 saturated carbocycles. The van der Waals surface area contributed by atoms with Crippen LogP contribution in [0.25, 0.3) is 0 Å². The summed E-state index contributed by atoms with van der Waals surface area (Å²) in [5.74, 6) is -0.509. The molecule has 1 saturated heterocycles. The fourth-order valence-corrected chi connectivity index (χ4v) is 5.01. The fourth-order valence-electron chi connectivity index (χ4n) is 4.71. The van der Waals surface area contributed by atoms with Crippen molar-refractivity contribution >= 4 is 46.3 Å². The highest BCUT2D eigenvalue weighted by atomic mass is 35.5. The van der Waals surface area contributed by atoms with Gasteiger partial charge in [-0.05, 0) is 48.9 Å². The Kier molecular flexibility index (Phi) is 5.95. The lowest BCUT2D eigenvalue weighted by atomic mass is 9.87. The van der Waals surface area contributed by atoms with E-state index in [0.29, 0.717) is 47.8 Å². The molecule has 2 aliphatic heterocycles. The Labute approximate surface area is 205 Å². The van der Waals surface area contributed by atoms with E-state index in [1.54, 1.807) is 28.9 Å². The van der Waals surface area contributed by atoms with Crippen molar-refractivity contribution in [2.24, 2.45) is 10.9 Å². The lowest BCUT2D eigenvalue weighted by Gasteiger charge is -2.40. The van der Waals surface area contributed by atoms with Crippen LogP contribution in [0.3, 0.4) is 0 Å². The molecule has 0 aliphatic carbocycles. The van der Waals surface area contributed by atoms with E-state index in [4.69, 9.17) is 23.2 Å². The molecule has 0 spiro atoms. The number of rotatable bonds is 3. The third kappa shape index (κ3) is 4.12. The number of halogens is 3. The number of carbonyl (C=O) groups is 1. The van der Waals surface area contributed by atoms with Crippen molar-refractivity contribution in [3.63, 3.8) is 0 Å². The van der Waals surface area contributed by atoms with Crippen LogP contribution in [0.1, 0.15) is 18.5 Å². The summed E-state index contributed by atoms with van der Waals surface area (Å²) in [6.07, 6.45) is 0. The van der Waals surface area contributed by atoms with E-state index >= 15 is 0 Å². The van der Waals surface area contributed by atoms with Crippen molar-refractivity contribution in [3.8, 4) is 0 Å². The molecule has 7 nitrogen and oxygen atoms in total. The molecule has 2 unspecified atom stereocenters. The van der Waals surface area contributed by atoms with Crippen molar-refractivity contribution in [1.82, 2.24) is 14.7 Å². The van der Waals surface area contributed by atoms with E-state index < -0.39 is 12.0 Å². The number of piperazine rings is 1. The van der Waals surface area contributed by atoms with E-state index in [0.717, 1.165) is 11.3 Å². The van der Waals surface area contributed by atoms with Gasteiger partial charge in [0.25, 0.3) is 5.56 Å². The zero-order chi connectivity index (χ0) is 24.0.